The monoisotopic (exact) mass is 895 g/mol. The van der Waals surface area contributed by atoms with Crippen molar-refractivity contribution in [2.75, 3.05) is 4.90 Å². The molecule has 0 unspecified atom stereocenters. The molecular weight excluding hydrogens is 855 g/mol. The van der Waals surface area contributed by atoms with Gasteiger partial charge in [0.2, 0.25) is 0 Å². The highest BCUT2D eigenvalue weighted by Crippen LogP contribution is 2.67. The number of nitrogens with zero attached hydrogens (tertiary/aromatic N) is 1. The Hall–Kier alpha value is -8.37. The molecule has 0 fully saturated rings. The van der Waals surface area contributed by atoms with Crippen molar-refractivity contribution in [3.8, 4) is 44.9 Å². The van der Waals surface area contributed by atoms with E-state index in [9.17, 15) is 0 Å². The Bertz CT molecular complexity index is 3660. The van der Waals surface area contributed by atoms with Crippen LogP contribution < -0.4 is 9.64 Å². The summed E-state index contributed by atoms with van der Waals surface area (Å²) in [5.74, 6) is 1.77. The minimum Gasteiger partial charge on any atom is -0.457 e. The molecule has 0 bridgehead atoms. The summed E-state index contributed by atoms with van der Waals surface area (Å²) in [7, 11) is 0. The third-order valence-corrected chi connectivity index (χ3v) is 16.6. The highest BCUT2D eigenvalue weighted by molar-refractivity contribution is 7.99. The summed E-state index contributed by atoms with van der Waals surface area (Å²) in [4.78, 5) is 5.21. The number of hydrogen-bond donors (Lipinski definition) is 0. The van der Waals surface area contributed by atoms with Crippen molar-refractivity contribution >= 4 is 39.6 Å². The normalized spacial score (nSPS) is 14.4. The van der Waals surface area contributed by atoms with E-state index in [0.29, 0.717) is 0 Å². The fourth-order valence-electron chi connectivity index (χ4n) is 12.9. The minimum absolute atomic E-state index is 0.532. The van der Waals surface area contributed by atoms with Crippen molar-refractivity contribution in [3.63, 3.8) is 0 Å². The lowest BCUT2D eigenvalue weighted by molar-refractivity contribution is 0.436. The molecule has 0 N–H and O–H groups in total. The van der Waals surface area contributed by atoms with E-state index in [1.807, 2.05) is 11.8 Å². The van der Waals surface area contributed by atoms with E-state index >= 15 is 0 Å². The topological polar surface area (TPSA) is 12.5 Å². The predicted molar refractivity (Wildman–Crippen MR) is 283 cm³/mol. The van der Waals surface area contributed by atoms with Crippen LogP contribution in [0.15, 0.2) is 259 Å². The Morgan fingerprint density at radius 2 is 0.725 bits per heavy atom. The first-order valence-electron chi connectivity index (χ1n) is 23.8. The van der Waals surface area contributed by atoms with E-state index in [1.165, 1.54) is 87.3 Å². The van der Waals surface area contributed by atoms with Gasteiger partial charge in [-0.1, -0.05) is 218 Å². The number of anilines is 3. The van der Waals surface area contributed by atoms with Crippen LogP contribution in [0.25, 0.3) is 44.2 Å². The zero-order valence-electron chi connectivity index (χ0n) is 37.4. The molecule has 2 aliphatic heterocycles. The van der Waals surface area contributed by atoms with E-state index < -0.39 is 10.8 Å². The fourth-order valence-corrected chi connectivity index (χ4v) is 14.1. The second-order valence-electron chi connectivity index (χ2n) is 18.6. The van der Waals surface area contributed by atoms with E-state index in [0.717, 1.165) is 39.7 Å². The van der Waals surface area contributed by atoms with Crippen LogP contribution in [0.2, 0.25) is 0 Å². The van der Waals surface area contributed by atoms with Crippen LogP contribution in [-0.4, -0.2) is 0 Å². The van der Waals surface area contributed by atoms with Gasteiger partial charge >= 0.3 is 0 Å². The van der Waals surface area contributed by atoms with Crippen molar-refractivity contribution in [2.24, 2.45) is 0 Å². The Labute approximate surface area is 405 Å². The molecule has 0 amide bonds. The maximum Gasteiger partial charge on any atom is 0.132 e. The van der Waals surface area contributed by atoms with Crippen molar-refractivity contribution in [1.82, 2.24) is 0 Å². The maximum absolute atomic E-state index is 6.78. The van der Waals surface area contributed by atoms with Crippen LogP contribution in [0, 0.1) is 0 Å². The quantitative estimate of drug-likeness (QED) is 0.175. The smallest absolute Gasteiger partial charge is 0.132 e. The van der Waals surface area contributed by atoms with Gasteiger partial charge in [0.25, 0.3) is 0 Å². The predicted octanol–water partition coefficient (Wildman–Crippen LogP) is 17.3. The minimum atomic E-state index is -0.624. The van der Waals surface area contributed by atoms with Gasteiger partial charge in [-0.3, -0.25) is 0 Å². The van der Waals surface area contributed by atoms with Crippen LogP contribution in [0.1, 0.15) is 44.5 Å². The van der Waals surface area contributed by atoms with Crippen molar-refractivity contribution < 1.29 is 4.74 Å². The molecule has 0 saturated heterocycles. The summed E-state index contributed by atoms with van der Waals surface area (Å²) in [5.41, 5.74) is 19.7. The number of ether oxygens (including phenoxy) is 1. The van der Waals surface area contributed by atoms with E-state index in [2.05, 4.69) is 254 Å². The largest absolute Gasteiger partial charge is 0.457 e. The zero-order chi connectivity index (χ0) is 45.3. The standard InChI is InChI=1S/C66H41NOS/c1-2-20-42(21-3-1)43-40-41-56(45-23-5-4-22-44(43)45)67(57-34-18-32-54-63(57)46-24-6-8-26-48(46)65(54)50-28-10-14-36-59(50)68-60-37-15-11-29-51(60)65)58-35-19-33-55-64(58)47-25-7-9-27-49(47)66(55)52-30-12-16-38-61(52)69-62-39-17-13-31-53(62)66/h1-41H. The van der Waals surface area contributed by atoms with Crippen molar-refractivity contribution in [1.29, 1.82) is 0 Å². The highest BCUT2D eigenvalue weighted by atomic mass is 32.2. The summed E-state index contributed by atoms with van der Waals surface area (Å²) in [6, 6.07) is 92.4. The second-order valence-corrected chi connectivity index (χ2v) is 19.6. The number of para-hydroxylation sites is 2. The molecule has 3 heteroatoms. The number of rotatable bonds is 4. The lowest BCUT2D eigenvalue weighted by atomic mass is 9.66. The molecule has 0 aromatic heterocycles. The van der Waals surface area contributed by atoms with Crippen LogP contribution >= 0.6 is 11.8 Å². The van der Waals surface area contributed by atoms with Gasteiger partial charge in [0.15, 0.2) is 0 Å². The first-order valence-corrected chi connectivity index (χ1v) is 24.7. The third-order valence-electron chi connectivity index (χ3n) is 15.4. The van der Waals surface area contributed by atoms with Gasteiger partial charge in [-0.05, 0) is 103 Å². The Morgan fingerprint density at radius 3 is 1.30 bits per heavy atom. The first kappa shape index (κ1) is 38.7. The summed E-state index contributed by atoms with van der Waals surface area (Å²) in [5, 5.41) is 2.39. The second kappa shape index (κ2) is 14.6. The lowest BCUT2D eigenvalue weighted by Gasteiger charge is -2.40. The molecule has 11 aromatic rings. The highest BCUT2D eigenvalue weighted by Gasteiger charge is 2.54. The van der Waals surface area contributed by atoms with Gasteiger partial charge in [0.1, 0.15) is 11.5 Å². The third kappa shape index (κ3) is 5.07. The molecule has 322 valence electrons. The van der Waals surface area contributed by atoms with Gasteiger partial charge < -0.3 is 9.64 Å². The summed E-state index contributed by atoms with van der Waals surface area (Å²) < 4.78 is 6.78. The molecule has 69 heavy (non-hydrogen) atoms. The van der Waals surface area contributed by atoms with Gasteiger partial charge in [0, 0.05) is 37.4 Å². The average molecular weight is 896 g/mol. The summed E-state index contributed by atoms with van der Waals surface area (Å²) in [6.45, 7) is 0. The van der Waals surface area contributed by atoms with E-state index in [1.54, 1.807) is 0 Å². The summed E-state index contributed by atoms with van der Waals surface area (Å²) >= 11 is 1.89. The first-order chi connectivity index (χ1) is 34.3. The van der Waals surface area contributed by atoms with Gasteiger partial charge in [-0.15, -0.1) is 0 Å². The number of fused-ring (bicyclic) bond motifs is 19. The van der Waals surface area contributed by atoms with Crippen LogP contribution in [0.4, 0.5) is 17.1 Å². The van der Waals surface area contributed by atoms with Gasteiger partial charge in [-0.2, -0.15) is 0 Å². The summed E-state index contributed by atoms with van der Waals surface area (Å²) in [6.07, 6.45) is 0. The average Bonchev–Trinajstić information content (AvgIpc) is 3.88. The molecule has 0 atom stereocenters. The molecule has 0 saturated carbocycles. The Morgan fingerprint density at radius 1 is 0.290 bits per heavy atom. The molecule has 2 nitrogen and oxygen atoms in total. The molecule has 4 aliphatic rings. The number of benzene rings is 11. The number of hydrogen-bond acceptors (Lipinski definition) is 3. The van der Waals surface area contributed by atoms with Crippen LogP contribution in [-0.2, 0) is 10.8 Å². The zero-order valence-corrected chi connectivity index (χ0v) is 38.3. The molecular formula is C66H41NOS. The Kier molecular flexibility index (Phi) is 8.17. The Balaban J connectivity index is 1.09. The molecule has 2 aliphatic carbocycles. The molecule has 0 radical (unpaired) electrons. The van der Waals surface area contributed by atoms with Crippen LogP contribution in [0.5, 0.6) is 11.5 Å². The fraction of sp³-hybridized carbons (Fsp3) is 0.0303. The van der Waals surface area contributed by atoms with Crippen molar-refractivity contribution in [3.05, 3.63) is 293 Å². The molecule has 2 spiro atoms. The molecule has 11 aromatic carbocycles. The lowest BCUT2D eigenvalue weighted by Crippen LogP contribution is -2.32. The van der Waals surface area contributed by atoms with Gasteiger partial charge in [0.05, 0.1) is 27.9 Å². The van der Waals surface area contributed by atoms with Gasteiger partial charge in [-0.25, -0.2) is 0 Å². The SMILES string of the molecule is c1ccc(-c2ccc(N(c3cccc4c3-c3ccccc3C43c4ccccc4Oc4ccccc43)c3cccc4c3-c3ccccc3C43c4ccccc4Sc4ccccc43)c3ccccc23)cc1. The van der Waals surface area contributed by atoms with Crippen molar-refractivity contribution in [2.45, 2.75) is 20.6 Å². The van der Waals surface area contributed by atoms with Crippen LogP contribution in [0.3, 0.4) is 0 Å². The molecule has 2 heterocycles. The maximum atomic E-state index is 6.78. The van der Waals surface area contributed by atoms with E-state index in [4.69, 9.17) is 4.74 Å². The molecule has 15 rings (SSSR count). The van der Waals surface area contributed by atoms with E-state index in [-0.39, 0.29) is 0 Å².